The van der Waals surface area contributed by atoms with E-state index in [1.165, 1.54) is 0 Å². The molecule has 2 rings (SSSR count). The van der Waals surface area contributed by atoms with Crippen LogP contribution in [0.25, 0.3) is 10.9 Å². The first-order chi connectivity index (χ1) is 6.86. The Bertz CT molecular complexity index is 489. The Morgan fingerprint density at radius 2 is 1.93 bits per heavy atom. The van der Waals surface area contributed by atoms with E-state index in [1.807, 2.05) is 30.5 Å². The largest absolute Gasteiger partial charge is 0.355 e. The van der Waals surface area contributed by atoms with Gasteiger partial charge >= 0.3 is 0 Å². The molecule has 0 spiro atoms. The first-order valence-corrected chi connectivity index (χ1v) is 5.36. The molecule has 0 aliphatic heterocycles. The Kier molecular flexibility index (Phi) is 2.98. The van der Waals surface area contributed by atoms with E-state index in [1.54, 1.807) is 6.20 Å². The highest BCUT2D eigenvalue weighted by molar-refractivity contribution is 14.1. The molecule has 0 bridgehead atoms. The average molecular weight is 296 g/mol. The number of nitrogens with one attached hydrogen (secondary N) is 1. The van der Waals surface area contributed by atoms with Gasteiger partial charge in [0.2, 0.25) is 0 Å². The summed E-state index contributed by atoms with van der Waals surface area (Å²) in [5.74, 6) is 0. The molecule has 0 amide bonds. The molecule has 0 atom stereocenters. The van der Waals surface area contributed by atoms with Gasteiger partial charge in [0.25, 0.3) is 0 Å². The lowest BCUT2D eigenvalue weighted by molar-refractivity contribution is 1.27. The molecule has 1 aromatic heterocycles. The molecule has 1 heterocycles. The van der Waals surface area contributed by atoms with Crippen LogP contribution in [-0.4, -0.2) is 9.97 Å². The second-order valence-electron chi connectivity index (χ2n) is 2.83. The first-order valence-electron chi connectivity index (χ1n) is 4.28. The molecule has 1 aromatic carbocycles. The van der Waals surface area contributed by atoms with Crippen LogP contribution in [-0.2, 0) is 0 Å². The summed E-state index contributed by atoms with van der Waals surface area (Å²) >= 11 is 2.24. The van der Waals surface area contributed by atoms with Crippen molar-refractivity contribution in [3.05, 3.63) is 52.5 Å². The van der Waals surface area contributed by atoms with Crippen molar-refractivity contribution in [1.29, 1.82) is 0 Å². The molecule has 70 valence electrons. The molecule has 0 aliphatic carbocycles. The second kappa shape index (κ2) is 4.41. The lowest BCUT2D eigenvalue weighted by Crippen LogP contribution is -1.69. The predicted octanol–water partition coefficient (Wildman–Crippen LogP) is 3.29. The summed E-state index contributed by atoms with van der Waals surface area (Å²) in [4.78, 5) is 7.43. The highest BCUT2D eigenvalue weighted by Gasteiger charge is 1.86. The van der Waals surface area contributed by atoms with Gasteiger partial charge in [-0.3, -0.25) is 4.98 Å². The molecule has 0 unspecified atom stereocenters. The van der Waals surface area contributed by atoms with Gasteiger partial charge < -0.3 is 4.98 Å². The van der Waals surface area contributed by atoms with Crippen molar-refractivity contribution >= 4 is 33.5 Å². The average Bonchev–Trinajstić information content (AvgIpc) is 2.30. The number of aromatic amines is 1. The molecule has 1 N–H and O–H groups in total. The number of aromatic nitrogens is 2. The number of fused-ring (bicyclic) bond motifs is 1. The molecular weight excluding hydrogens is 287 g/mol. The minimum atomic E-state index is 0.993. The Hall–Kier alpha value is -1.10. The van der Waals surface area contributed by atoms with Crippen LogP contribution < -0.4 is 0 Å². The summed E-state index contributed by atoms with van der Waals surface area (Å²) in [5.41, 5.74) is 0.993. The van der Waals surface area contributed by atoms with E-state index in [2.05, 4.69) is 44.7 Å². The van der Waals surface area contributed by atoms with Crippen LogP contribution in [0.15, 0.2) is 48.8 Å². The first kappa shape index (κ1) is 9.45. The minimum Gasteiger partial charge on any atom is -0.355 e. The monoisotopic (exact) mass is 296 g/mol. The summed E-state index contributed by atoms with van der Waals surface area (Å²) < 4.78 is 1.07. The third-order valence-corrected chi connectivity index (χ3v) is 2.53. The van der Waals surface area contributed by atoms with Crippen molar-refractivity contribution < 1.29 is 0 Å². The maximum absolute atomic E-state index is 4.33. The highest BCUT2D eigenvalue weighted by atomic mass is 127. The molecule has 0 saturated heterocycles. The van der Waals surface area contributed by atoms with Crippen LogP contribution in [0.3, 0.4) is 0 Å². The van der Waals surface area contributed by atoms with Crippen LogP contribution in [0.2, 0.25) is 0 Å². The van der Waals surface area contributed by atoms with Gasteiger partial charge in [-0.05, 0) is 34.7 Å². The summed E-state index contributed by atoms with van der Waals surface area (Å²) in [5, 5.41) is 1.13. The Labute approximate surface area is 95.8 Å². The van der Waals surface area contributed by atoms with Crippen molar-refractivity contribution in [1.82, 2.24) is 9.97 Å². The normalized spacial score (nSPS) is 9.79. The Morgan fingerprint density at radius 1 is 1.07 bits per heavy atom. The number of rotatable bonds is 0. The maximum Gasteiger partial charge on any atom is 0.0772 e. The van der Waals surface area contributed by atoms with Crippen LogP contribution in [0, 0.1) is 3.70 Å². The van der Waals surface area contributed by atoms with E-state index in [0.29, 0.717) is 0 Å². The number of hydrogen-bond donors (Lipinski definition) is 1. The van der Waals surface area contributed by atoms with Gasteiger partial charge in [0, 0.05) is 17.8 Å². The smallest absolute Gasteiger partial charge is 0.0772 e. The number of nitrogens with zero attached hydrogens (tertiary/aromatic N) is 1. The molecule has 0 saturated carbocycles. The zero-order chi connectivity index (χ0) is 9.80. The molecule has 2 nitrogen and oxygen atoms in total. The van der Waals surface area contributed by atoms with Crippen molar-refractivity contribution in [2.45, 2.75) is 0 Å². The summed E-state index contributed by atoms with van der Waals surface area (Å²) in [7, 11) is 0. The van der Waals surface area contributed by atoms with Gasteiger partial charge in [0.05, 0.1) is 9.22 Å². The van der Waals surface area contributed by atoms with Crippen LogP contribution in [0.1, 0.15) is 0 Å². The van der Waals surface area contributed by atoms with Gasteiger partial charge in [-0.1, -0.05) is 24.3 Å². The number of benzene rings is 1. The quantitative estimate of drug-likeness (QED) is 0.742. The predicted molar refractivity (Wildman–Crippen MR) is 66.4 cm³/mol. The van der Waals surface area contributed by atoms with Gasteiger partial charge in [0.1, 0.15) is 0 Å². The fourth-order valence-corrected chi connectivity index (χ4v) is 1.55. The van der Waals surface area contributed by atoms with E-state index in [0.717, 1.165) is 14.6 Å². The van der Waals surface area contributed by atoms with E-state index < -0.39 is 0 Å². The number of para-hydroxylation sites is 1. The summed E-state index contributed by atoms with van der Waals surface area (Å²) in [6.07, 6.45) is 3.60. The zero-order valence-corrected chi connectivity index (χ0v) is 9.60. The fourth-order valence-electron chi connectivity index (χ4n) is 1.19. The standard InChI is InChI=1S/C11H9IN2/c12-11-6-5-9-3-1-2-4-10(9)13-7-8-14-11/h1-8,14H. The van der Waals surface area contributed by atoms with Crippen molar-refractivity contribution in [3.63, 3.8) is 0 Å². The van der Waals surface area contributed by atoms with Gasteiger partial charge in [-0.25, -0.2) is 0 Å². The van der Waals surface area contributed by atoms with E-state index in [4.69, 9.17) is 0 Å². The Morgan fingerprint density at radius 3 is 2.86 bits per heavy atom. The van der Waals surface area contributed by atoms with Crippen molar-refractivity contribution in [2.24, 2.45) is 0 Å². The summed E-state index contributed by atoms with van der Waals surface area (Å²) in [6, 6.07) is 12.1. The third-order valence-electron chi connectivity index (χ3n) is 1.86. The van der Waals surface area contributed by atoms with Crippen LogP contribution in [0.5, 0.6) is 0 Å². The van der Waals surface area contributed by atoms with Gasteiger partial charge in [-0.2, -0.15) is 0 Å². The Balaban J connectivity index is 2.81. The molecule has 0 radical (unpaired) electrons. The topological polar surface area (TPSA) is 28.7 Å². The molecule has 0 fully saturated rings. The second-order valence-corrected chi connectivity index (χ2v) is 3.99. The van der Waals surface area contributed by atoms with Crippen molar-refractivity contribution in [3.8, 4) is 0 Å². The van der Waals surface area contributed by atoms with E-state index >= 15 is 0 Å². The molecular formula is C11H9IN2. The molecule has 14 heavy (non-hydrogen) atoms. The number of H-pyrrole nitrogens is 1. The SMILES string of the molecule is Ic1ccc2ccccc2ncc[nH]1. The highest BCUT2D eigenvalue weighted by Crippen LogP contribution is 2.07. The number of hydrogen-bond acceptors (Lipinski definition) is 1. The third kappa shape index (κ3) is 2.23. The zero-order valence-electron chi connectivity index (χ0n) is 7.44. The number of halogens is 1. The maximum atomic E-state index is 4.33. The lowest BCUT2D eigenvalue weighted by Gasteiger charge is -1.88. The van der Waals surface area contributed by atoms with Crippen LogP contribution in [0.4, 0.5) is 0 Å². The van der Waals surface area contributed by atoms with Gasteiger partial charge in [0.15, 0.2) is 0 Å². The lowest BCUT2D eigenvalue weighted by atomic mass is 10.2. The van der Waals surface area contributed by atoms with E-state index in [9.17, 15) is 0 Å². The van der Waals surface area contributed by atoms with Crippen LogP contribution >= 0.6 is 22.6 Å². The van der Waals surface area contributed by atoms with E-state index in [-0.39, 0.29) is 0 Å². The minimum absolute atomic E-state index is 0.993. The molecule has 0 aliphatic rings. The summed E-state index contributed by atoms with van der Waals surface area (Å²) in [6.45, 7) is 0. The van der Waals surface area contributed by atoms with Crippen molar-refractivity contribution in [2.75, 3.05) is 0 Å². The van der Waals surface area contributed by atoms with Gasteiger partial charge in [-0.15, -0.1) is 0 Å². The molecule has 2 aromatic rings. The molecule has 3 heteroatoms. The fraction of sp³-hybridized carbons (Fsp3) is 0.